The number of halogens is 2. The Hall–Kier alpha value is -3.91. The summed E-state index contributed by atoms with van der Waals surface area (Å²) in [6.45, 7) is 1.75. The number of hydrogen-bond donors (Lipinski definition) is 3. The molecule has 0 aliphatic carbocycles. The number of benzene rings is 2. The van der Waals surface area contributed by atoms with Crippen molar-refractivity contribution in [3.05, 3.63) is 76.1 Å². The van der Waals surface area contributed by atoms with E-state index in [0.29, 0.717) is 28.7 Å². The molecular weight excluding hydrogens is 527 g/mol. The zero-order chi connectivity index (χ0) is 26.9. The molecule has 2 heterocycles. The molecule has 0 saturated carbocycles. The fourth-order valence-electron chi connectivity index (χ4n) is 3.34. The largest absolute Gasteiger partial charge is 0.487 e. The molecule has 0 aliphatic rings. The van der Waals surface area contributed by atoms with Crippen LogP contribution in [0.5, 0.6) is 5.75 Å². The van der Waals surface area contributed by atoms with Crippen LogP contribution >= 0.6 is 22.9 Å². The third kappa shape index (κ3) is 7.79. The molecule has 4 aromatic rings. The number of fused-ring (bicyclic) bond motifs is 1. The summed E-state index contributed by atoms with van der Waals surface area (Å²) in [5.41, 5.74) is 2.19. The average Bonchev–Trinajstić information content (AvgIpc) is 3.30. The van der Waals surface area contributed by atoms with Gasteiger partial charge in [-0.05, 0) is 56.1 Å². The van der Waals surface area contributed by atoms with Crippen molar-refractivity contribution in [2.24, 2.45) is 0 Å². The summed E-state index contributed by atoms with van der Waals surface area (Å²) >= 11 is 7.88. The van der Waals surface area contributed by atoms with Crippen LogP contribution in [0, 0.1) is 17.7 Å². The van der Waals surface area contributed by atoms with Gasteiger partial charge in [0.05, 0.1) is 26.7 Å². The normalized spacial score (nSPS) is 10.7. The van der Waals surface area contributed by atoms with Crippen LogP contribution in [0.1, 0.15) is 10.4 Å². The van der Waals surface area contributed by atoms with Crippen LogP contribution in [0.15, 0.2) is 54.9 Å². The summed E-state index contributed by atoms with van der Waals surface area (Å²) in [5.74, 6) is 6.82. The number of ether oxygens (including phenoxy) is 1. The first-order valence-electron chi connectivity index (χ1n) is 11.7. The standard InChI is InChI=1S/C27H26ClFN6O2S/c1-35(2)12-11-31-27(36)30-10-4-7-21-15-23-25(38-21)26(33-17-32-23)34-20-8-9-24(22(28)14-20)37-16-18-5-3-6-19(29)13-18/h3,5-6,8-9,13-15,17H,10-12,16H2,1-2H3,(H2,30,31,36)(H,32,33,34). The maximum absolute atomic E-state index is 13.4. The summed E-state index contributed by atoms with van der Waals surface area (Å²) in [6.07, 6.45) is 1.48. The van der Waals surface area contributed by atoms with Crippen molar-refractivity contribution in [3.63, 3.8) is 0 Å². The Balaban J connectivity index is 1.37. The van der Waals surface area contributed by atoms with Gasteiger partial charge in [0.25, 0.3) is 0 Å². The van der Waals surface area contributed by atoms with Crippen LogP contribution < -0.4 is 20.7 Å². The summed E-state index contributed by atoms with van der Waals surface area (Å²) < 4.78 is 20.0. The molecule has 3 N–H and O–H groups in total. The number of nitrogens with zero attached hydrogens (tertiary/aromatic N) is 3. The van der Waals surface area contributed by atoms with Crippen molar-refractivity contribution in [3.8, 4) is 17.6 Å². The molecule has 11 heteroatoms. The fourth-order valence-corrected chi connectivity index (χ4v) is 4.50. The Kier molecular flexibility index (Phi) is 9.32. The molecule has 196 valence electrons. The van der Waals surface area contributed by atoms with E-state index in [2.05, 4.69) is 37.8 Å². The maximum atomic E-state index is 13.4. The zero-order valence-electron chi connectivity index (χ0n) is 20.8. The number of hydrogen-bond acceptors (Lipinski definition) is 7. The van der Waals surface area contributed by atoms with Crippen molar-refractivity contribution >= 4 is 50.7 Å². The lowest BCUT2D eigenvalue weighted by Gasteiger charge is -2.11. The second kappa shape index (κ2) is 13.1. The molecule has 0 saturated heterocycles. The van der Waals surface area contributed by atoms with E-state index in [9.17, 15) is 9.18 Å². The predicted octanol–water partition coefficient (Wildman–Crippen LogP) is 5.02. The second-order valence-electron chi connectivity index (χ2n) is 8.45. The number of carbonyl (C=O) groups is 1. The smallest absolute Gasteiger partial charge is 0.315 e. The van der Waals surface area contributed by atoms with Gasteiger partial charge in [-0.25, -0.2) is 19.2 Å². The Morgan fingerprint density at radius 2 is 2.03 bits per heavy atom. The van der Waals surface area contributed by atoms with Gasteiger partial charge in [-0.3, -0.25) is 0 Å². The van der Waals surface area contributed by atoms with Crippen LogP contribution in [0.3, 0.4) is 0 Å². The minimum absolute atomic E-state index is 0.201. The Labute approximate surface area is 229 Å². The molecule has 0 aliphatic heterocycles. The van der Waals surface area contributed by atoms with E-state index in [1.807, 2.05) is 31.1 Å². The molecule has 0 radical (unpaired) electrons. The number of aromatic nitrogens is 2. The second-order valence-corrected chi connectivity index (χ2v) is 9.91. The lowest BCUT2D eigenvalue weighted by Crippen LogP contribution is -2.39. The molecule has 38 heavy (non-hydrogen) atoms. The molecule has 0 bridgehead atoms. The fraction of sp³-hybridized carbons (Fsp3) is 0.222. The van der Waals surface area contributed by atoms with Crippen molar-refractivity contribution in [1.29, 1.82) is 0 Å². The highest BCUT2D eigenvalue weighted by molar-refractivity contribution is 7.20. The van der Waals surface area contributed by atoms with Crippen molar-refractivity contribution in [2.75, 3.05) is 39.0 Å². The number of urea groups is 1. The molecule has 0 fully saturated rings. The van der Waals surface area contributed by atoms with Crippen molar-refractivity contribution in [1.82, 2.24) is 25.5 Å². The van der Waals surface area contributed by atoms with E-state index in [1.165, 1.54) is 29.8 Å². The quantitative estimate of drug-likeness (QED) is 0.253. The highest BCUT2D eigenvalue weighted by Crippen LogP contribution is 2.33. The Morgan fingerprint density at radius 1 is 1.16 bits per heavy atom. The number of thiophene rings is 1. The molecule has 8 nitrogen and oxygen atoms in total. The van der Waals surface area contributed by atoms with E-state index >= 15 is 0 Å². The number of nitrogens with one attached hydrogen (secondary N) is 3. The van der Waals surface area contributed by atoms with Crippen LogP contribution in [0.4, 0.5) is 20.7 Å². The minimum Gasteiger partial charge on any atom is -0.487 e. The molecule has 0 unspecified atom stereocenters. The Bertz CT molecular complexity index is 1480. The van der Waals surface area contributed by atoms with Crippen LogP contribution in [-0.2, 0) is 6.61 Å². The van der Waals surface area contributed by atoms with Gasteiger partial charge in [0.2, 0.25) is 0 Å². The lowest BCUT2D eigenvalue weighted by atomic mass is 10.2. The maximum Gasteiger partial charge on any atom is 0.315 e. The molecule has 4 rings (SSSR count). The zero-order valence-corrected chi connectivity index (χ0v) is 22.4. The third-order valence-corrected chi connectivity index (χ3v) is 6.52. The number of likely N-dealkylation sites (N-methyl/N-ethyl adjacent to an activating group) is 1. The van der Waals surface area contributed by atoms with Crippen LogP contribution in [0.2, 0.25) is 5.02 Å². The highest BCUT2D eigenvalue weighted by Gasteiger charge is 2.10. The number of carbonyl (C=O) groups excluding carboxylic acids is 1. The SMILES string of the molecule is CN(C)CCNC(=O)NCC#Cc1cc2ncnc(Nc3ccc(OCc4cccc(F)c4)c(Cl)c3)c2s1. The monoisotopic (exact) mass is 552 g/mol. The first-order chi connectivity index (χ1) is 18.4. The van der Waals surface area contributed by atoms with Gasteiger partial charge in [-0.1, -0.05) is 35.6 Å². The lowest BCUT2D eigenvalue weighted by molar-refractivity contribution is 0.240. The van der Waals surface area contributed by atoms with Gasteiger partial charge in [0, 0.05) is 18.8 Å². The van der Waals surface area contributed by atoms with Gasteiger partial charge in [-0.15, -0.1) is 11.3 Å². The highest BCUT2D eigenvalue weighted by atomic mass is 35.5. The molecule has 0 atom stereocenters. The summed E-state index contributed by atoms with van der Waals surface area (Å²) in [7, 11) is 3.89. The van der Waals surface area contributed by atoms with E-state index < -0.39 is 0 Å². The third-order valence-electron chi connectivity index (χ3n) is 5.18. The van der Waals surface area contributed by atoms with Gasteiger partial charge in [0.15, 0.2) is 5.82 Å². The summed E-state index contributed by atoms with van der Waals surface area (Å²) in [6, 6.07) is 13.2. The van der Waals surface area contributed by atoms with Gasteiger partial charge in [0.1, 0.15) is 24.5 Å². The minimum atomic E-state index is -0.314. The van der Waals surface area contributed by atoms with Gasteiger partial charge in [-0.2, -0.15) is 0 Å². The molecular formula is C27H26ClFN6O2S. The molecule has 2 aromatic carbocycles. The molecule has 2 amide bonds. The summed E-state index contributed by atoms with van der Waals surface area (Å²) in [4.78, 5) is 23.3. The van der Waals surface area contributed by atoms with E-state index in [4.69, 9.17) is 16.3 Å². The molecule has 0 spiro atoms. The van der Waals surface area contributed by atoms with E-state index in [0.717, 1.165) is 27.3 Å². The van der Waals surface area contributed by atoms with E-state index in [-0.39, 0.29) is 25.0 Å². The van der Waals surface area contributed by atoms with Crippen molar-refractivity contribution in [2.45, 2.75) is 6.61 Å². The predicted molar refractivity (Wildman–Crippen MR) is 150 cm³/mol. The van der Waals surface area contributed by atoms with E-state index in [1.54, 1.807) is 24.3 Å². The number of anilines is 2. The topological polar surface area (TPSA) is 91.4 Å². The Morgan fingerprint density at radius 3 is 2.82 bits per heavy atom. The summed E-state index contributed by atoms with van der Waals surface area (Å²) in [5, 5.41) is 9.17. The van der Waals surface area contributed by atoms with Crippen LogP contribution in [0.25, 0.3) is 10.2 Å². The first kappa shape index (κ1) is 27.1. The average molecular weight is 553 g/mol. The number of amides is 2. The number of rotatable bonds is 9. The first-order valence-corrected chi connectivity index (χ1v) is 12.9. The van der Waals surface area contributed by atoms with Crippen molar-refractivity contribution < 1.29 is 13.9 Å². The van der Waals surface area contributed by atoms with Gasteiger partial charge < -0.3 is 25.6 Å². The van der Waals surface area contributed by atoms with Crippen LogP contribution in [-0.4, -0.2) is 54.6 Å². The molecule has 2 aromatic heterocycles. The van der Waals surface area contributed by atoms with Gasteiger partial charge >= 0.3 is 6.03 Å².